The lowest BCUT2D eigenvalue weighted by Gasteiger charge is -2.72. The number of rotatable bonds is 8. The van der Waals surface area contributed by atoms with Crippen molar-refractivity contribution in [2.75, 3.05) is 13.7 Å². The summed E-state index contributed by atoms with van der Waals surface area (Å²) in [7, 11) is 1.42. The molecule has 2 bridgehead atoms. The lowest BCUT2D eigenvalue weighted by atomic mass is 9.38. The average molecular weight is 658 g/mol. The molecule has 3 aliphatic carbocycles. The van der Waals surface area contributed by atoms with Crippen LogP contribution in [0.2, 0.25) is 0 Å². The molecule has 1 saturated heterocycles. The van der Waals surface area contributed by atoms with Crippen molar-refractivity contribution in [2.24, 2.45) is 22.2 Å². The Morgan fingerprint density at radius 1 is 1.06 bits per heavy atom. The molecule has 4 aliphatic rings. The molecule has 11 atom stereocenters. The molecule has 1 aliphatic heterocycles. The van der Waals surface area contributed by atoms with E-state index in [0.29, 0.717) is 12.0 Å². The van der Waals surface area contributed by atoms with Crippen LogP contribution in [-0.4, -0.2) is 101 Å². The summed E-state index contributed by atoms with van der Waals surface area (Å²) in [5.74, 6) is -2.98. The fourth-order valence-electron chi connectivity index (χ4n) is 8.84. The number of Topliss-reactive ketones (excluding diaryl/α,β-unsaturated/α-hetero) is 1. The van der Waals surface area contributed by atoms with Gasteiger partial charge in [0, 0.05) is 31.4 Å². The number of hydrogen-bond acceptors (Lipinski definition) is 11. The maximum atomic E-state index is 14.9. The van der Waals surface area contributed by atoms with E-state index >= 15 is 0 Å². The first-order valence-corrected chi connectivity index (χ1v) is 16.1. The first-order valence-electron chi connectivity index (χ1n) is 16.1. The molecule has 3 fully saturated rings. The molecule has 47 heavy (non-hydrogen) atoms. The highest BCUT2D eigenvalue weighted by Gasteiger charge is 2.82. The van der Waals surface area contributed by atoms with Crippen LogP contribution in [0, 0.1) is 22.2 Å². The zero-order chi connectivity index (χ0) is 34.9. The summed E-state index contributed by atoms with van der Waals surface area (Å²) in [6, 6.07) is 7.58. The molecule has 0 radical (unpaired) electrons. The third-order valence-electron chi connectivity index (χ3n) is 12.5. The van der Waals surface area contributed by atoms with Crippen LogP contribution in [0.5, 0.6) is 0 Å². The molecule has 12 heteroatoms. The number of aliphatic hydroxyl groups is 3. The summed E-state index contributed by atoms with van der Waals surface area (Å²) in [5.41, 5.74) is -8.27. The second kappa shape index (κ2) is 11.8. The third kappa shape index (κ3) is 4.66. The molecule has 4 N–H and O–H groups in total. The number of methoxy groups -OCH3 is 1. The van der Waals surface area contributed by atoms with Gasteiger partial charge >= 0.3 is 11.9 Å². The molecule has 258 valence electrons. The number of aliphatic hydroxyl groups excluding tert-OH is 1. The van der Waals surface area contributed by atoms with Gasteiger partial charge in [-0.2, -0.15) is 0 Å². The summed E-state index contributed by atoms with van der Waals surface area (Å²) in [5, 5.41) is 40.4. The normalized spacial score (nSPS) is 40.3. The van der Waals surface area contributed by atoms with Crippen molar-refractivity contribution in [3.05, 3.63) is 47.0 Å². The molecule has 2 saturated carbocycles. The van der Waals surface area contributed by atoms with Crippen LogP contribution >= 0.6 is 0 Å². The number of ketones is 1. The van der Waals surface area contributed by atoms with E-state index in [1.807, 2.05) is 0 Å². The van der Waals surface area contributed by atoms with Gasteiger partial charge in [0.2, 0.25) is 6.41 Å². The highest BCUT2D eigenvalue weighted by atomic mass is 16.6. The van der Waals surface area contributed by atoms with E-state index in [9.17, 15) is 34.5 Å². The van der Waals surface area contributed by atoms with Gasteiger partial charge < -0.3 is 39.6 Å². The van der Waals surface area contributed by atoms with Gasteiger partial charge in [0.15, 0.2) is 5.78 Å². The molecule has 9 unspecified atom stereocenters. The summed E-state index contributed by atoms with van der Waals surface area (Å²) in [6.45, 7) is 11.1. The predicted molar refractivity (Wildman–Crippen MR) is 167 cm³/mol. The first-order chi connectivity index (χ1) is 21.9. The van der Waals surface area contributed by atoms with E-state index in [4.69, 9.17) is 18.9 Å². The topological polar surface area (TPSA) is 178 Å². The summed E-state index contributed by atoms with van der Waals surface area (Å²) in [4.78, 5) is 53.3. The SMILES string of the molecule is COC1CC2OCC2(O)C2(C)C(OC(=O)c3ccccc3)C3(O)CC(OC(=O)[C@H](C)C(C)NC=O)C(C)=C(C(O)C(=O)[C@]12C)C3(C)C. The molecule has 1 aromatic rings. The number of nitrogens with one attached hydrogen (secondary N) is 1. The maximum Gasteiger partial charge on any atom is 0.338 e. The largest absolute Gasteiger partial charge is 0.457 e. The predicted octanol–water partition coefficient (Wildman–Crippen LogP) is 1.88. The van der Waals surface area contributed by atoms with Gasteiger partial charge in [-0.15, -0.1) is 0 Å². The van der Waals surface area contributed by atoms with E-state index < -0.39 is 87.6 Å². The minimum atomic E-state index is -2.14. The van der Waals surface area contributed by atoms with Gasteiger partial charge in [-0.05, 0) is 51.0 Å². The maximum absolute atomic E-state index is 14.9. The number of benzene rings is 1. The third-order valence-corrected chi connectivity index (χ3v) is 12.5. The number of fused-ring (bicyclic) bond motifs is 5. The van der Waals surface area contributed by atoms with E-state index in [1.165, 1.54) is 7.11 Å². The molecule has 0 aromatic heterocycles. The lowest BCUT2D eigenvalue weighted by molar-refractivity contribution is -0.381. The molecular formula is C35H47NO11. The second-order valence-corrected chi connectivity index (χ2v) is 14.6. The molecule has 0 spiro atoms. The van der Waals surface area contributed by atoms with Crippen LogP contribution in [0.25, 0.3) is 0 Å². The molecule has 12 nitrogen and oxygen atoms in total. The Balaban J connectivity index is 1.77. The zero-order valence-corrected chi connectivity index (χ0v) is 28.2. The van der Waals surface area contributed by atoms with E-state index in [1.54, 1.807) is 78.8 Å². The quantitative estimate of drug-likeness (QED) is 0.182. The standard InChI is InChI=1S/C35H47NO11/c1-18(20(3)36-17-37)28(40)46-22-15-34(42)30(47-29(41)21-12-10-9-11-13-21)33(7)32(6,23(44-8)14-24-35(33,43)16-45-24)27(39)26(38)25(19(22)2)31(34,4)5/h9-13,17-18,20,22-24,26,30,38,42-43H,14-16H2,1-8H3,(H,36,37)/t18-,20?,22?,23?,24?,26?,30?,32+,33?,34?,35?/m1/s1. The van der Waals surface area contributed by atoms with E-state index in [0.717, 1.165) is 0 Å². The summed E-state index contributed by atoms with van der Waals surface area (Å²) in [6.07, 6.45) is -6.04. The Morgan fingerprint density at radius 3 is 2.26 bits per heavy atom. The van der Waals surface area contributed by atoms with Crippen molar-refractivity contribution >= 4 is 24.1 Å². The number of carbonyl (C=O) groups excluding carboxylic acids is 4. The number of carbonyl (C=O) groups is 4. The molecule has 1 amide bonds. The van der Waals surface area contributed by atoms with Crippen LogP contribution in [0.1, 0.15) is 71.7 Å². The number of esters is 2. The Hall–Kier alpha value is -3.16. The molecule has 5 rings (SSSR count). The Bertz CT molecular complexity index is 1480. The van der Waals surface area contributed by atoms with Crippen LogP contribution < -0.4 is 5.32 Å². The smallest absolute Gasteiger partial charge is 0.338 e. The second-order valence-electron chi connectivity index (χ2n) is 14.6. The minimum Gasteiger partial charge on any atom is -0.457 e. The van der Waals surface area contributed by atoms with Gasteiger partial charge in [-0.1, -0.05) is 39.0 Å². The number of ether oxygens (including phenoxy) is 4. The van der Waals surface area contributed by atoms with Crippen molar-refractivity contribution in [3.8, 4) is 0 Å². The molecule has 1 aromatic carbocycles. The zero-order valence-electron chi connectivity index (χ0n) is 28.2. The average Bonchev–Trinajstić information content (AvgIpc) is 3.03. The fraction of sp³-hybridized carbons (Fsp3) is 0.657. The molecular weight excluding hydrogens is 610 g/mol. The highest BCUT2D eigenvalue weighted by Crippen LogP contribution is 2.69. The van der Waals surface area contributed by atoms with Crippen molar-refractivity contribution in [3.63, 3.8) is 0 Å². The fourth-order valence-corrected chi connectivity index (χ4v) is 8.84. The van der Waals surface area contributed by atoms with Gasteiger partial charge in [-0.25, -0.2) is 4.79 Å². The van der Waals surface area contributed by atoms with Gasteiger partial charge in [0.25, 0.3) is 0 Å². The van der Waals surface area contributed by atoms with Crippen LogP contribution in [0.15, 0.2) is 41.5 Å². The van der Waals surface area contributed by atoms with Crippen molar-refractivity contribution in [1.82, 2.24) is 5.32 Å². The van der Waals surface area contributed by atoms with E-state index in [-0.39, 0.29) is 30.6 Å². The Labute approximate surface area is 274 Å². The van der Waals surface area contributed by atoms with Crippen LogP contribution in [-0.2, 0) is 33.3 Å². The Kier molecular flexibility index (Phi) is 8.80. The number of hydrogen-bond donors (Lipinski definition) is 4. The minimum absolute atomic E-state index is 0.113. The van der Waals surface area contributed by atoms with Crippen LogP contribution in [0.3, 0.4) is 0 Å². The monoisotopic (exact) mass is 657 g/mol. The summed E-state index contributed by atoms with van der Waals surface area (Å²) >= 11 is 0. The van der Waals surface area contributed by atoms with E-state index in [2.05, 4.69) is 5.32 Å². The van der Waals surface area contributed by atoms with Crippen molar-refractivity contribution in [1.29, 1.82) is 0 Å². The van der Waals surface area contributed by atoms with Crippen molar-refractivity contribution < 1.29 is 53.4 Å². The lowest BCUT2D eigenvalue weighted by Crippen LogP contribution is -2.85. The van der Waals surface area contributed by atoms with Gasteiger partial charge in [0.1, 0.15) is 29.5 Å². The first kappa shape index (κ1) is 35.2. The van der Waals surface area contributed by atoms with Crippen molar-refractivity contribution in [2.45, 2.75) is 109 Å². The summed E-state index contributed by atoms with van der Waals surface area (Å²) < 4.78 is 24.1. The molecule has 1 heterocycles. The van der Waals surface area contributed by atoms with Crippen LogP contribution in [0.4, 0.5) is 0 Å². The number of amides is 1. The van der Waals surface area contributed by atoms with Gasteiger partial charge in [-0.3, -0.25) is 14.4 Å². The Morgan fingerprint density at radius 2 is 1.70 bits per heavy atom. The van der Waals surface area contributed by atoms with Gasteiger partial charge in [0.05, 0.1) is 41.1 Å². The highest BCUT2D eigenvalue weighted by molar-refractivity contribution is 5.94.